The van der Waals surface area contributed by atoms with E-state index in [1.54, 1.807) is 37.3 Å². The Kier molecular flexibility index (Phi) is 5.42. The van der Waals surface area contributed by atoms with Crippen LogP contribution in [0.1, 0.15) is 30.6 Å². The number of nitrogens with zero attached hydrogens (tertiary/aromatic N) is 1. The molecule has 2 heterocycles. The molecule has 0 radical (unpaired) electrons. The van der Waals surface area contributed by atoms with Crippen LogP contribution < -0.4 is 4.72 Å². The molecule has 2 N–H and O–H groups in total. The van der Waals surface area contributed by atoms with Gasteiger partial charge in [-0.05, 0) is 23.6 Å². The van der Waals surface area contributed by atoms with Crippen LogP contribution in [0, 0.1) is 5.92 Å². The van der Waals surface area contributed by atoms with Gasteiger partial charge >= 0.3 is 12.1 Å². The molecular weight excluding hydrogens is 469 g/mol. The van der Waals surface area contributed by atoms with Crippen molar-refractivity contribution in [2.75, 3.05) is 0 Å². The molecule has 1 fully saturated rings. The lowest BCUT2D eigenvalue weighted by Crippen LogP contribution is -2.45. The molecule has 3 aromatic rings. The number of hydrogen-bond donors (Lipinski definition) is 2. The molecule has 32 heavy (non-hydrogen) atoms. The van der Waals surface area contributed by atoms with Crippen molar-refractivity contribution in [2.24, 2.45) is 5.92 Å². The number of carboxylic acids is 1. The molecule has 0 amide bonds. The fraction of sp³-hybridized carbons (Fsp3) is 0.300. The number of aromatic nitrogens is 1. The Morgan fingerprint density at radius 1 is 1.25 bits per heavy atom. The number of alkyl halides is 3. The molecule has 4 rings (SSSR count). The number of thiophene rings is 1. The van der Waals surface area contributed by atoms with Gasteiger partial charge in [-0.25, -0.2) is 8.42 Å². The smallest absolute Gasteiger partial charge is 0.452 e. The van der Waals surface area contributed by atoms with E-state index in [1.165, 1.54) is 12.1 Å². The SMILES string of the molecule is CCC1[C@H](c2ccccc2)[C@]1(NS(=O)(=O)c1ccc(-c2cc(C(F)(F)F)on2)s1)C(=O)O. The van der Waals surface area contributed by atoms with Gasteiger partial charge in [0.05, 0.1) is 4.88 Å². The first-order valence-electron chi connectivity index (χ1n) is 9.47. The normalized spacial score (nSPS) is 23.2. The highest BCUT2D eigenvalue weighted by molar-refractivity contribution is 7.91. The van der Waals surface area contributed by atoms with Crippen LogP contribution in [-0.2, 0) is 21.0 Å². The number of sulfonamides is 1. The average Bonchev–Trinajstić information content (AvgIpc) is 3.13. The molecule has 3 atom stereocenters. The molecule has 1 aromatic carbocycles. The summed E-state index contributed by atoms with van der Waals surface area (Å²) in [5.74, 6) is -3.60. The third-order valence-corrected chi connectivity index (χ3v) is 8.60. The highest BCUT2D eigenvalue weighted by Crippen LogP contribution is 2.60. The molecule has 1 unspecified atom stereocenters. The quantitative estimate of drug-likeness (QED) is 0.514. The first-order chi connectivity index (χ1) is 15.0. The van der Waals surface area contributed by atoms with E-state index in [-0.39, 0.29) is 14.8 Å². The lowest BCUT2D eigenvalue weighted by atomic mass is 10.1. The van der Waals surface area contributed by atoms with Crippen LogP contribution in [0.25, 0.3) is 10.6 Å². The summed E-state index contributed by atoms with van der Waals surface area (Å²) >= 11 is 0.670. The molecule has 0 saturated heterocycles. The Balaban J connectivity index is 1.64. The van der Waals surface area contributed by atoms with Crippen LogP contribution >= 0.6 is 11.3 Å². The van der Waals surface area contributed by atoms with Crippen molar-refractivity contribution >= 4 is 27.3 Å². The number of carbonyl (C=O) groups is 1. The lowest BCUT2D eigenvalue weighted by Gasteiger charge is -2.15. The molecular formula is C20H17F3N2O5S2. The van der Waals surface area contributed by atoms with Crippen LogP contribution in [0.3, 0.4) is 0 Å². The van der Waals surface area contributed by atoms with Crippen molar-refractivity contribution in [3.05, 3.63) is 59.9 Å². The average molecular weight is 486 g/mol. The van der Waals surface area contributed by atoms with Crippen molar-refractivity contribution in [2.45, 2.75) is 35.2 Å². The van der Waals surface area contributed by atoms with Crippen molar-refractivity contribution in [3.8, 4) is 10.6 Å². The van der Waals surface area contributed by atoms with E-state index in [0.717, 1.165) is 0 Å². The summed E-state index contributed by atoms with van der Waals surface area (Å²) in [4.78, 5) is 12.4. The van der Waals surface area contributed by atoms with E-state index in [4.69, 9.17) is 0 Å². The molecule has 1 saturated carbocycles. The van der Waals surface area contributed by atoms with Crippen molar-refractivity contribution in [1.29, 1.82) is 0 Å². The topological polar surface area (TPSA) is 110 Å². The molecule has 1 aliphatic rings. The molecule has 170 valence electrons. The Morgan fingerprint density at radius 3 is 2.50 bits per heavy atom. The number of aliphatic carboxylic acids is 1. The summed E-state index contributed by atoms with van der Waals surface area (Å²) in [6.45, 7) is 1.78. The zero-order valence-corrected chi connectivity index (χ0v) is 18.1. The predicted octanol–water partition coefficient (Wildman–Crippen LogP) is 4.35. The third kappa shape index (κ3) is 3.71. The van der Waals surface area contributed by atoms with Crippen molar-refractivity contribution < 1.29 is 36.0 Å². The second-order valence-corrected chi connectivity index (χ2v) is 10.4. The molecule has 7 nitrogen and oxygen atoms in total. The van der Waals surface area contributed by atoms with Gasteiger partial charge in [-0.1, -0.05) is 48.8 Å². The highest BCUT2D eigenvalue weighted by Gasteiger charge is 2.71. The maximum atomic E-state index is 13.1. The Bertz CT molecular complexity index is 1250. The monoisotopic (exact) mass is 486 g/mol. The van der Waals surface area contributed by atoms with Crippen molar-refractivity contribution in [1.82, 2.24) is 9.88 Å². The second kappa shape index (κ2) is 7.71. The minimum absolute atomic E-state index is 0.136. The van der Waals surface area contributed by atoms with Gasteiger partial charge in [-0.15, -0.1) is 11.3 Å². The summed E-state index contributed by atoms with van der Waals surface area (Å²) < 4.78 is 70.7. The van der Waals surface area contributed by atoms with Crippen LogP contribution in [0.5, 0.6) is 0 Å². The molecule has 0 aliphatic heterocycles. The van der Waals surface area contributed by atoms with Crippen LogP contribution in [0.4, 0.5) is 13.2 Å². The highest BCUT2D eigenvalue weighted by atomic mass is 32.2. The zero-order chi connectivity index (χ0) is 23.3. The van der Waals surface area contributed by atoms with Gasteiger partial charge in [0.1, 0.15) is 15.4 Å². The van der Waals surface area contributed by atoms with Gasteiger partial charge in [0.25, 0.3) is 10.0 Å². The maximum Gasteiger partial charge on any atom is 0.452 e. The summed E-state index contributed by atoms with van der Waals surface area (Å²) in [5.41, 5.74) is -1.17. The summed E-state index contributed by atoms with van der Waals surface area (Å²) in [7, 11) is -4.29. The number of carboxylic acid groups (broad SMARTS) is 1. The van der Waals surface area contributed by atoms with E-state index in [0.29, 0.717) is 29.4 Å². The van der Waals surface area contributed by atoms with E-state index >= 15 is 0 Å². The maximum absolute atomic E-state index is 13.1. The predicted molar refractivity (Wildman–Crippen MR) is 108 cm³/mol. The van der Waals surface area contributed by atoms with E-state index < -0.39 is 45.3 Å². The summed E-state index contributed by atoms with van der Waals surface area (Å²) in [6.07, 6.45) is -4.29. The molecule has 12 heteroatoms. The van der Waals surface area contributed by atoms with E-state index in [2.05, 4.69) is 14.4 Å². The Morgan fingerprint density at radius 2 is 1.94 bits per heavy atom. The Hall–Kier alpha value is -2.70. The number of nitrogens with one attached hydrogen (secondary N) is 1. The fourth-order valence-corrected chi connectivity index (χ4v) is 6.73. The van der Waals surface area contributed by atoms with Crippen molar-refractivity contribution in [3.63, 3.8) is 0 Å². The standard InChI is InChI=1S/C20H17F3N2O5S2/c1-2-12-17(11-6-4-3-5-7-11)19(12,18(26)27)25-32(28,29)16-9-8-14(31-16)13-10-15(30-24-13)20(21,22)23/h3-10,12,17,25H,2H2,1H3,(H,26,27)/t12?,17-,19-/m0/s1. The molecule has 1 aliphatic carbocycles. The summed E-state index contributed by atoms with van der Waals surface area (Å²) in [5, 5.41) is 13.3. The Labute approximate surface area is 184 Å². The van der Waals surface area contributed by atoms with E-state index in [1.807, 2.05) is 0 Å². The first kappa shape index (κ1) is 22.5. The molecule has 0 bridgehead atoms. The second-order valence-electron chi connectivity index (χ2n) is 7.38. The minimum atomic E-state index is -4.72. The minimum Gasteiger partial charge on any atom is -0.480 e. The van der Waals surface area contributed by atoms with E-state index in [9.17, 15) is 31.5 Å². The summed E-state index contributed by atoms with van der Waals surface area (Å²) in [6, 6.07) is 11.9. The number of hydrogen-bond acceptors (Lipinski definition) is 6. The largest absolute Gasteiger partial charge is 0.480 e. The zero-order valence-electron chi connectivity index (χ0n) is 16.5. The van der Waals surface area contributed by atoms with Gasteiger partial charge in [0.2, 0.25) is 5.76 Å². The van der Waals surface area contributed by atoms with Gasteiger partial charge in [0.15, 0.2) is 0 Å². The first-order valence-corrected chi connectivity index (χ1v) is 11.8. The van der Waals surface area contributed by atoms with Gasteiger partial charge in [-0.3, -0.25) is 4.79 Å². The van der Waals surface area contributed by atoms with Gasteiger partial charge < -0.3 is 9.63 Å². The fourth-order valence-electron chi connectivity index (χ4n) is 4.05. The molecule has 2 aromatic heterocycles. The third-order valence-electron chi connectivity index (χ3n) is 5.51. The van der Waals surface area contributed by atoms with Gasteiger partial charge in [0, 0.05) is 12.0 Å². The number of halogens is 3. The molecule has 0 spiro atoms. The van der Waals surface area contributed by atoms with Gasteiger partial charge in [-0.2, -0.15) is 17.9 Å². The van der Waals surface area contributed by atoms with Crippen LogP contribution in [-0.4, -0.2) is 30.2 Å². The number of benzene rings is 1. The number of rotatable bonds is 7. The lowest BCUT2D eigenvalue weighted by molar-refractivity contribution is -0.155. The van der Waals surface area contributed by atoms with Crippen LogP contribution in [0.15, 0.2) is 57.3 Å². The van der Waals surface area contributed by atoms with Crippen LogP contribution in [0.2, 0.25) is 0 Å².